The van der Waals surface area contributed by atoms with E-state index in [0.717, 1.165) is 42.4 Å². The Morgan fingerprint density at radius 3 is 2.31 bits per heavy atom. The lowest BCUT2D eigenvalue weighted by molar-refractivity contribution is -0.141. The summed E-state index contributed by atoms with van der Waals surface area (Å²) >= 11 is 6.28. The number of anilines is 1. The number of hydrogen-bond donors (Lipinski definition) is 1. The molecule has 3 aromatic carbocycles. The number of carbonyl (C=O) groups is 2. The predicted molar refractivity (Wildman–Crippen MR) is 169 cm³/mol. The third kappa shape index (κ3) is 9.07. The first kappa shape index (κ1) is 31.6. The van der Waals surface area contributed by atoms with Crippen molar-refractivity contribution in [2.45, 2.75) is 70.5 Å². The monoisotopic (exact) mass is 609 g/mol. The number of nitrogens with zero attached hydrogens (tertiary/aromatic N) is 2. The molecule has 0 radical (unpaired) electrons. The Balaban J connectivity index is 1.59. The van der Waals surface area contributed by atoms with E-state index in [-0.39, 0.29) is 37.4 Å². The Morgan fingerprint density at radius 2 is 1.64 bits per heavy atom. The molecule has 224 valence electrons. The maximum Gasteiger partial charge on any atom is 0.243 e. The van der Waals surface area contributed by atoms with Crippen LogP contribution in [-0.4, -0.2) is 50.0 Å². The first-order valence-electron chi connectivity index (χ1n) is 14.5. The van der Waals surface area contributed by atoms with Gasteiger partial charge in [0.15, 0.2) is 0 Å². The van der Waals surface area contributed by atoms with Crippen LogP contribution in [0.2, 0.25) is 5.02 Å². The Bertz CT molecular complexity index is 1460. The zero-order valence-corrected chi connectivity index (χ0v) is 25.9. The average Bonchev–Trinajstić information content (AvgIpc) is 3.46. The molecule has 1 atom stereocenters. The molecule has 0 aliphatic heterocycles. The van der Waals surface area contributed by atoms with Gasteiger partial charge in [-0.1, -0.05) is 79.0 Å². The fraction of sp³-hybridized carbons (Fsp3) is 0.394. The molecule has 1 aliphatic carbocycles. The van der Waals surface area contributed by atoms with Crippen molar-refractivity contribution in [3.8, 4) is 0 Å². The fourth-order valence-corrected chi connectivity index (χ4v) is 6.71. The highest BCUT2D eigenvalue weighted by Gasteiger charge is 2.32. The van der Waals surface area contributed by atoms with Crippen LogP contribution in [0.5, 0.6) is 0 Å². The minimum absolute atomic E-state index is 0.0837. The molecule has 0 saturated heterocycles. The number of nitrogens with one attached hydrogen (secondary N) is 1. The number of hydrogen-bond acceptors (Lipinski definition) is 4. The molecule has 4 rings (SSSR count). The van der Waals surface area contributed by atoms with Crippen LogP contribution in [0, 0.1) is 6.92 Å². The molecule has 1 aliphatic rings. The van der Waals surface area contributed by atoms with Gasteiger partial charge in [0.25, 0.3) is 0 Å². The smallest absolute Gasteiger partial charge is 0.243 e. The highest BCUT2D eigenvalue weighted by atomic mass is 35.5. The van der Waals surface area contributed by atoms with E-state index in [4.69, 9.17) is 11.6 Å². The van der Waals surface area contributed by atoms with Gasteiger partial charge < -0.3 is 10.2 Å². The number of sulfonamides is 1. The number of aryl methyl sites for hydroxylation is 1. The van der Waals surface area contributed by atoms with Crippen molar-refractivity contribution in [2.24, 2.45) is 0 Å². The molecular formula is C33H40ClN3O4S. The second-order valence-corrected chi connectivity index (χ2v) is 13.5. The summed E-state index contributed by atoms with van der Waals surface area (Å²) in [5.74, 6) is -0.381. The molecule has 0 aromatic heterocycles. The number of amides is 2. The van der Waals surface area contributed by atoms with Crippen molar-refractivity contribution in [3.63, 3.8) is 0 Å². The van der Waals surface area contributed by atoms with E-state index in [1.165, 1.54) is 10.6 Å². The average molecular weight is 610 g/mol. The lowest BCUT2D eigenvalue weighted by atomic mass is 10.0. The third-order valence-electron chi connectivity index (χ3n) is 7.66. The fourth-order valence-electron chi connectivity index (χ4n) is 5.54. The summed E-state index contributed by atoms with van der Waals surface area (Å²) in [7, 11) is -3.56. The topological polar surface area (TPSA) is 86.8 Å². The van der Waals surface area contributed by atoms with Crippen molar-refractivity contribution in [1.82, 2.24) is 10.2 Å². The van der Waals surface area contributed by atoms with Crippen LogP contribution in [0.15, 0.2) is 78.9 Å². The molecular weight excluding hydrogens is 570 g/mol. The first-order valence-corrected chi connectivity index (χ1v) is 16.8. The van der Waals surface area contributed by atoms with Crippen LogP contribution in [0.4, 0.5) is 5.69 Å². The van der Waals surface area contributed by atoms with Gasteiger partial charge in [0, 0.05) is 37.0 Å². The van der Waals surface area contributed by atoms with Gasteiger partial charge >= 0.3 is 0 Å². The van der Waals surface area contributed by atoms with Crippen LogP contribution in [0.25, 0.3) is 0 Å². The van der Waals surface area contributed by atoms with E-state index in [9.17, 15) is 18.0 Å². The maximum absolute atomic E-state index is 14.0. The van der Waals surface area contributed by atoms with Crippen molar-refractivity contribution in [1.29, 1.82) is 0 Å². The van der Waals surface area contributed by atoms with Crippen molar-refractivity contribution in [3.05, 3.63) is 101 Å². The van der Waals surface area contributed by atoms with Crippen LogP contribution in [-0.2, 0) is 32.6 Å². The van der Waals surface area contributed by atoms with Crippen LogP contribution in [0.3, 0.4) is 0 Å². The lowest BCUT2D eigenvalue weighted by Gasteiger charge is -2.33. The molecule has 2 amide bonds. The van der Waals surface area contributed by atoms with Crippen LogP contribution in [0.1, 0.15) is 55.2 Å². The van der Waals surface area contributed by atoms with E-state index < -0.39 is 16.1 Å². The second-order valence-electron chi connectivity index (χ2n) is 11.1. The summed E-state index contributed by atoms with van der Waals surface area (Å²) in [5, 5.41) is 3.76. The largest absolute Gasteiger partial charge is 0.352 e. The molecule has 9 heteroatoms. The van der Waals surface area contributed by atoms with Crippen LogP contribution < -0.4 is 9.62 Å². The number of halogens is 1. The summed E-state index contributed by atoms with van der Waals surface area (Å²) in [5.41, 5.74) is 3.29. The van der Waals surface area contributed by atoms with E-state index in [1.54, 1.807) is 23.1 Å². The standard InChI is InChI=1S/C33H40ClN3O4S/c1-25-11-8-18-30(21-25)37(42(2,40)41)20-10-19-32(38)36(24-27-14-9-15-28(34)22-27)31(23-26-12-4-3-5-13-26)33(39)35-29-16-6-7-17-29/h3-5,8-9,11-15,18,21-22,29,31H,6-7,10,16-17,19-20,23-24H2,1-2H3,(H,35,39)/t31-/m0/s1. The van der Waals surface area contributed by atoms with E-state index in [0.29, 0.717) is 23.6 Å². The van der Waals surface area contributed by atoms with Crippen molar-refractivity contribution >= 4 is 39.1 Å². The minimum Gasteiger partial charge on any atom is -0.352 e. The molecule has 3 aromatic rings. The summed E-state index contributed by atoms with van der Waals surface area (Å²) in [6.45, 7) is 2.27. The molecule has 1 fully saturated rings. The van der Waals surface area contributed by atoms with E-state index in [2.05, 4.69) is 5.32 Å². The van der Waals surface area contributed by atoms with Gasteiger partial charge in [0.05, 0.1) is 11.9 Å². The Morgan fingerprint density at radius 1 is 0.952 bits per heavy atom. The SMILES string of the molecule is Cc1cccc(N(CCCC(=O)N(Cc2cccc(Cl)c2)[C@@H](Cc2ccccc2)C(=O)NC2CCCC2)S(C)(=O)=O)c1. The van der Waals surface area contributed by atoms with Gasteiger partial charge in [-0.05, 0) is 67.1 Å². The highest BCUT2D eigenvalue weighted by molar-refractivity contribution is 7.92. The zero-order valence-electron chi connectivity index (χ0n) is 24.3. The maximum atomic E-state index is 14.0. The highest BCUT2D eigenvalue weighted by Crippen LogP contribution is 2.23. The second kappa shape index (κ2) is 14.7. The van der Waals surface area contributed by atoms with E-state index >= 15 is 0 Å². The predicted octanol–water partition coefficient (Wildman–Crippen LogP) is 5.89. The minimum atomic E-state index is -3.56. The molecule has 1 N–H and O–H groups in total. The molecule has 0 heterocycles. The zero-order chi connectivity index (χ0) is 30.1. The molecule has 0 unspecified atom stereocenters. The summed E-state index contributed by atoms with van der Waals surface area (Å²) < 4.78 is 26.6. The molecule has 0 bridgehead atoms. The van der Waals surface area contributed by atoms with Gasteiger partial charge in [0.2, 0.25) is 21.8 Å². The van der Waals surface area contributed by atoms with Gasteiger partial charge in [-0.3, -0.25) is 13.9 Å². The van der Waals surface area contributed by atoms with Crippen molar-refractivity contribution < 1.29 is 18.0 Å². The van der Waals surface area contributed by atoms with Gasteiger partial charge in [-0.2, -0.15) is 0 Å². The van der Waals surface area contributed by atoms with E-state index in [1.807, 2.05) is 67.6 Å². The summed E-state index contributed by atoms with van der Waals surface area (Å²) in [6, 6.07) is 23.7. The lowest BCUT2D eigenvalue weighted by Crippen LogP contribution is -2.52. The first-order chi connectivity index (χ1) is 20.1. The normalized spacial score (nSPS) is 14.4. The Kier molecular flexibility index (Phi) is 11.0. The van der Waals surface area contributed by atoms with Crippen molar-refractivity contribution in [2.75, 3.05) is 17.1 Å². The number of rotatable bonds is 13. The molecule has 7 nitrogen and oxygen atoms in total. The number of carbonyl (C=O) groups excluding carboxylic acids is 2. The van der Waals surface area contributed by atoms with Gasteiger partial charge in [-0.25, -0.2) is 8.42 Å². The van der Waals surface area contributed by atoms with Gasteiger partial charge in [-0.15, -0.1) is 0 Å². The molecule has 0 spiro atoms. The molecule has 1 saturated carbocycles. The number of benzene rings is 3. The van der Waals surface area contributed by atoms with Crippen LogP contribution >= 0.6 is 11.6 Å². The Labute approximate surface area is 254 Å². The molecule has 42 heavy (non-hydrogen) atoms. The summed E-state index contributed by atoms with van der Waals surface area (Å²) in [4.78, 5) is 29.4. The quantitative estimate of drug-likeness (QED) is 0.262. The van der Waals surface area contributed by atoms with Gasteiger partial charge in [0.1, 0.15) is 6.04 Å². The summed E-state index contributed by atoms with van der Waals surface area (Å²) in [6.07, 6.45) is 5.96. The third-order valence-corrected chi connectivity index (χ3v) is 9.09. The Hall–Kier alpha value is -3.36.